The van der Waals surface area contributed by atoms with Crippen LogP contribution in [0, 0.1) is 35.5 Å². The number of carbonyl (C=O) groups is 10. The third-order valence-corrected chi connectivity index (χ3v) is 14.3. The monoisotopic (exact) mass is 1120 g/mol. The van der Waals surface area contributed by atoms with Crippen molar-refractivity contribution < 1.29 is 57.8 Å². The number of nitrogens with two attached hydrogens (primary N) is 1. The van der Waals surface area contributed by atoms with Crippen molar-refractivity contribution in [2.75, 3.05) is 55.4 Å². The van der Waals surface area contributed by atoms with Gasteiger partial charge in [-0.25, -0.2) is 0 Å². The lowest BCUT2D eigenvalue weighted by atomic mass is 9.91. The summed E-state index contributed by atoms with van der Waals surface area (Å²) in [7, 11) is 8.72. The van der Waals surface area contributed by atoms with Crippen LogP contribution < -0.4 is 21.7 Å². The van der Waals surface area contributed by atoms with Crippen molar-refractivity contribution in [2.45, 2.75) is 203 Å². The Hall–Kier alpha value is -5.64. The summed E-state index contributed by atoms with van der Waals surface area (Å²) >= 11 is 0. The van der Waals surface area contributed by atoms with Crippen LogP contribution >= 0.6 is 0 Å². The van der Waals surface area contributed by atoms with Crippen LogP contribution in [0.2, 0.25) is 0 Å². The number of carbonyl (C=O) groups excluding carboxylic acids is 10. The molecule has 0 fully saturated rings. The third-order valence-electron chi connectivity index (χ3n) is 14.3. The number of hydrogen-bond acceptors (Lipinski definition) is 13. The van der Waals surface area contributed by atoms with Gasteiger partial charge < -0.3 is 60.9 Å². The van der Waals surface area contributed by atoms with Gasteiger partial charge in [-0.2, -0.15) is 0 Å². The minimum atomic E-state index is -1.50. The van der Waals surface area contributed by atoms with Crippen molar-refractivity contribution in [3.63, 3.8) is 0 Å². The average Bonchev–Trinajstić information content (AvgIpc) is 3.36. The summed E-state index contributed by atoms with van der Waals surface area (Å²) in [4.78, 5) is 148. The van der Waals surface area contributed by atoms with Gasteiger partial charge in [0.1, 0.15) is 54.4 Å². The van der Waals surface area contributed by atoms with Gasteiger partial charge in [-0.1, -0.05) is 95.2 Å². The SMILES string of the molecule is C/C=C/C[C@@H](C)[C@@H](OC(C)=O)[C@@H](C(=O)N[C@@H](CC)C(=O)N(C)CCO)N(C)C(=O)[C@H](C(C)C)N(C)C(=O)[C@H](CC(C)C)N(C)C(=O)[C@H](CC(C)C)N(C)C(=O)[C@@H](C)NC(=O)[C@H](C)NC(=O)[C@@H](CC(C)C)N(C)C(=O)[C@@H](N)C(C)C. The zero-order valence-electron chi connectivity index (χ0n) is 52.0. The first-order chi connectivity index (χ1) is 36.5. The molecule has 0 aliphatic heterocycles. The Kier molecular flexibility index (Phi) is 32.0. The van der Waals surface area contributed by atoms with Gasteiger partial charge in [0.25, 0.3) is 0 Å². The van der Waals surface area contributed by atoms with Gasteiger partial charge in [0.05, 0.1) is 12.6 Å². The van der Waals surface area contributed by atoms with E-state index in [2.05, 4.69) is 16.0 Å². The fraction of sp³-hybridized carbons (Fsp3) is 0.789. The van der Waals surface area contributed by atoms with Gasteiger partial charge in [0.2, 0.25) is 53.2 Å². The standard InChI is InChI=1S/C57H104N10O12/c1-23-25-26-37(13)48(79-40(16)69)47(51(72)61-41(24-2)53(74)62(17)27-28-68)67(22)57(78)46(36(11)12)66(21)55(76)44(31-34(7)8)65(20)54(75)43(30-33(5)6)64(19)52(73)39(15)60-49(70)38(14)59-50(71)42(29-32(3)4)63(18)56(77)45(58)35(9)10/h23,25,32-39,41-48,68H,24,26-31,58H2,1-22H3,(H,59,71)(H,60,70)(H,61,72)/b25-23+/t37-,38+,39-,41+,42-,43+,44+,45+,46+,47+,48-/m1/s1. The second-order valence-corrected chi connectivity index (χ2v) is 23.4. The van der Waals surface area contributed by atoms with Crippen LogP contribution in [0.25, 0.3) is 0 Å². The second-order valence-electron chi connectivity index (χ2n) is 23.4. The number of nitrogens with zero attached hydrogens (tertiary/aromatic N) is 6. The van der Waals surface area contributed by atoms with Gasteiger partial charge in [0, 0.05) is 55.8 Å². The van der Waals surface area contributed by atoms with Crippen molar-refractivity contribution in [1.29, 1.82) is 0 Å². The summed E-state index contributed by atoms with van der Waals surface area (Å²) in [5.74, 6) is -7.71. The molecule has 0 saturated carbocycles. The highest BCUT2D eigenvalue weighted by molar-refractivity contribution is 5.98. The van der Waals surface area contributed by atoms with E-state index in [0.717, 1.165) is 4.90 Å². The van der Waals surface area contributed by atoms with Gasteiger partial charge >= 0.3 is 5.97 Å². The molecular formula is C57H104N10O12. The van der Waals surface area contributed by atoms with Crippen LogP contribution in [0.3, 0.4) is 0 Å². The maximum absolute atomic E-state index is 15.1. The van der Waals surface area contributed by atoms with E-state index in [9.17, 15) is 43.5 Å². The Balaban J connectivity index is 7.16. The molecule has 0 aromatic carbocycles. The highest BCUT2D eigenvalue weighted by atomic mass is 16.5. The molecule has 79 heavy (non-hydrogen) atoms. The predicted octanol–water partition coefficient (Wildman–Crippen LogP) is 2.79. The molecule has 0 bridgehead atoms. The van der Waals surface area contributed by atoms with E-state index in [0.29, 0.717) is 12.8 Å². The molecule has 0 spiro atoms. The van der Waals surface area contributed by atoms with E-state index < -0.39 is 131 Å². The van der Waals surface area contributed by atoms with Crippen LogP contribution in [-0.4, -0.2) is 210 Å². The minimum Gasteiger partial charge on any atom is -0.459 e. The molecule has 0 radical (unpaired) electrons. The van der Waals surface area contributed by atoms with Crippen molar-refractivity contribution >= 4 is 59.1 Å². The predicted molar refractivity (Wildman–Crippen MR) is 305 cm³/mol. The summed E-state index contributed by atoms with van der Waals surface area (Å²) in [6, 6.07) is -10.2. The van der Waals surface area contributed by atoms with Crippen molar-refractivity contribution in [2.24, 2.45) is 41.2 Å². The third kappa shape index (κ3) is 22.1. The number of ether oxygens (including phenoxy) is 1. The zero-order valence-corrected chi connectivity index (χ0v) is 52.0. The Bertz CT molecular complexity index is 2070. The first-order valence-corrected chi connectivity index (χ1v) is 28.1. The summed E-state index contributed by atoms with van der Waals surface area (Å²) < 4.78 is 5.84. The average molecular weight is 1120 g/mol. The first-order valence-electron chi connectivity index (χ1n) is 28.1. The van der Waals surface area contributed by atoms with E-state index in [1.165, 1.54) is 87.6 Å². The normalized spacial score (nSPS) is 15.9. The molecule has 0 rings (SSSR count). The number of aliphatic hydroxyl groups excluding tert-OH is 1. The maximum atomic E-state index is 15.1. The summed E-state index contributed by atoms with van der Waals surface area (Å²) in [5, 5.41) is 17.6. The van der Waals surface area contributed by atoms with E-state index in [-0.39, 0.29) is 56.1 Å². The van der Waals surface area contributed by atoms with Crippen LogP contribution in [0.5, 0.6) is 0 Å². The summed E-state index contributed by atoms with van der Waals surface area (Å²) in [6.07, 6.45) is 3.53. The van der Waals surface area contributed by atoms with E-state index in [1.807, 2.05) is 54.5 Å². The van der Waals surface area contributed by atoms with Gasteiger partial charge in [-0.3, -0.25) is 47.9 Å². The molecule has 22 heteroatoms. The lowest BCUT2D eigenvalue weighted by Crippen LogP contribution is -2.64. The highest BCUT2D eigenvalue weighted by Crippen LogP contribution is 2.26. The molecule has 0 aliphatic rings. The number of amides is 9. The fourth-order valence-electron chi connectivity index (χ4n) is 9.38. The Labute approximate surface area is 473 Å². The summed E-state index contributed by atoms with van der Waals surface area (Å²) in [5.41, 5.74) is 6.14. The van der Waals surface area contributed by atoms with Crippen LogP contribution in [-0.2, 0) is 52.7 Å². The van der Waals surface area contributed by atoms with Crippen LogP contribution in [0.15, 0.2) is 12.2 Å². The van der Waals surface area contributed by atoms with E-state index >= 15 is 9.59 Å². The van der Waals surface area contributed by atoms with E-state index in [1.54, 1.807) is 47.6 Å². The number of aliphatic hydroxyl groups is 1. The molecule has 0 saturated heterocycles. The Morgan fingerprint density at radius 2 is 0.975 bits per heavy atom. The lowest BCUT2D eigenvalue weighted by Gasteiger charge is -2.42. The largest absolute Gasteiger partial charge is 0.459 e. The number of rotatable bonds is 33. The molecule has 22 nitrogen and oxygen atoms in total. The van der Waals surface area contributed by atoms with Crippen LogP contribution in [0.1, 0.15) is 143 Å². The molecule has 0 aliphatic carbocycles. The molecule has 0 heterocycles. The summed E-state index contributed by atoms with van der Waals surface area (Å²) in [6.45, 7) is 27.4. The number of esters is 1. The maximum Gasteiger partial charge on any atom is 0.303 e. The van der Waals surface area contributed by atoms with E-state index in [4.69, 9.17) is 10.5 Å². The molecule has 0 aromatic rings. The van der Waals surface area contributed by atoms with Gasteiger partial charge in [-0.05, 0) is 88.4 Å². The number of hydrogen-bond donors (Lipinski definition) is 5. The molecule has 11 atom stereocenters. The minimum absolute atomic E-state index is 0.00760. The lowest BCUT2D eigenvalue weighted by molar-refractivity contribution is -0.164. The van der Waals surface area contributed by atoms with Gasteiger partial charge in [-0.15, -0.1) is 0 Å². The number of allylic oxidation sites excluding steroid dienone is 2. The van der Waals surface area contributed by atoms with Crippen molar-refractivity contribution in [3.05, 3.63) is 12.2 Å². The zero-order chi connectivity index (χ0) is 61.7. The fourth-order valence-corrected chi connectivity index (χ4v) is 9.38. The molecule has 9 amide bonds. The van der Waals surface area contributed by atoms with Crippen molar-refractivity contribution in [1.82, 2.24) is 45.3 Å². The van der Waals surface area contributed by atoms with Gasteiger partial charge in [0.15, 0.2) is 0 Å². The molecule has 6 N–H and O–H groups in total. The number of likely N-dealkylation sites (N-methyl/N-ethyl adjacent to an activating group) is 6. The molecule has 0 unspecified atom stereocenters. The Morgan fingerprint density at radius 1 is 0.532 bits per heavy atom. The van der Waals surface area contributed by atoms with Crippen molar-refractivity contribution in [3.8, 4) is 0 Å². The second kappa shape index (κ2) is 34.5. The molecule has 454 valence electrons. The number of nitrogens with one attached hydrogen (secondary N) is 3. The highest BCUT2D eigenvalue weighted by Gasteiger charge is 2.46. The smallest absolute Gasteiger partial charge is 0.303 e. The molecule has 0 aromatic heterocycles. The topological polar surface area (TPSA) is 282 Å². The Morgan fingerprint density at radius 3 is 1.41 bits per heavy atom. The first kappa shape index (κ1) is 73.4. The quantitative estimate of drug-likeness (QED) is 0.0468. The molecular weight excluding hydrogens is 1020 g/mol. The van der Waals surface area contributed by atoms with Crippen LogP contribution in [0.4, 0.5) is 0 Å².